The van der Waals surface area contributed by atoms with Gasteiger partial charge in [0.05, 0.1) is 20.9 Å². The first-order valence-corrected chi connectivity index (χ1v) is 14.4. The topological polar surface area (TPSA) is 74.6 Å². The van der Waals surface area contributed by atoms with E-state index in [-0.39, 0.29) is 11.5 Å². The minimum absolute atomic E-state index is 0.232. The van der Waals surface area contributed by atoms with Crippen LogP contribution in [0.25, 0.3) is 0 Å². The van der Waals surface area contributed by atoms with E-state index in [0.29, 0.717) is 31.3 Å². The molecule has 0 heterocycles. The summed E-state index contributed by atoms with van der Waals surface area (Å²) in [6.07, 6.45) is 0. The molecule has 0 aliphatic heterocycles. The highest BCUT2D eigenvalue weighted by Crippen LogP contribution is 2.33. The van der Waals surface area contributed by atoms with Gasteiger partial charge in [0, 0.05) is 34.0 Å². The first-order chi connectivity index (χ1) is 19.9. The number of phenols is 2. The average molecular weight is 575 g/mol. The Balaban J connectivity index is 1.38. The van der Waals surface area contributed by atoms with Crippen molar-refractivity contribution in [2.24, 2.45) is 0 Å². The van der Waals surface area contributed by atoms with Crippen molar-refractivity contribution in [3.05, 3.63) is 96.1 Å². The van der Waals surface area contributed by atoms with Gasteiger partial charge in [-0.25, -0.2) is 0 Å². The van der Waals surface area contributed by atoms with Crippen LogP contribution in [0, 0.1) is 0 Å². The van der Waals surface area contributed by atoms with E-state index in [9.17, 15) is 10.2 Å². The minimum atomic E-state index is 0.232. The van der Waals surface area contributed by atoms with E-state index in [1.165, 1.54) is 0 Å². The maximum atomic E-state index is 10.6. The zero-order valence-corrected chi connectivity index (χ0v) is 24.9. The Morgan fingerprint density at radius 1 is 0.585 bits per heavy atom. The second kappa shape index (κ2) is 14.7. The molecular weight excluding hydrogens is 536 g/mol. The van der Waals surface area contributed by atoms with Gasteiger partial charge < -0.3 is 24.4 Å². The number of rotatable bonds is 14. The highest BCUT2D eigenvalue weighted by atomic mass is 32.2. The van der Waals surface area contributed by atoms with Gasteiger partial charge in [0.15, 0.2) is 0 Å². The summed E-state index contributed by atoms with van der Waals surface area (Å²) >= 11 is 1.67. The van der Waals surface area contributed by atoms with Crippen LogP contribution >= 0.6 is 11.8 Å². The van der Waals surface area contributed by atoms with Crippen molar-refractivity contribution in [1.29, 1.82) is 0 Å². The lowest BCUT2D eigenvalue weighted by molar-refractivity contribution is 0.127. The molecule has 0 fully saturated rings. The largest absolute Gasteiger partial charge is 0.508 e. The van der Waals surface area contributed by atoms with Crippen LogP contribution in [0.1, 0.15) is 25.0 Å². The summed E-state index contributed by atoms with van der Waals surface area (Å²) in [4.78, 5) is 6.71. The number of methoxy groups -OCH3 is 2. The van der Waals surface area contributed by atoms with E-state index >= 15 is 0 Å². The number of ether oxygens (including phenoxy) is 3. The molecule has 0 unspecified atom stereocenters. The van der Waals surface area contributed by atoms with Crippen LogP contribution in [0.3, 0.4) is 0 Å². The molecule has 4 rings (SSSR count). The molecule has 0 bridgehead atoms. The van der Waals surface area contributed by atoms with Crippen LogP contribution in [-0.4, -0.2) is 54.0 Å². The number of nitrogens with zero attached hydrogens (tertiary/aromatic N) is 2. The zero-order chi connectivity index (χ0) is 29.2. The van der Waals surface area contributed by atoms with Crippen molar-refractivity contribution in [1.82, 2.24) is 9.80 Å². The van der Waals surface area contributed by atoms with E-state index in [1.54, 1.807) is 50.2 Å². The molecule has 0 atom stereocenters. The summed E-state index contributed by atoms with van der Waals surface area (Å²) in [5, 5.41) is 21.0. The Labute approximate surface area is 246 Å². The summed E-state index contributed by atoms with van der Waals surface area (Å²) in [5.74, 6) is 3.43. The summed E-state index contributed by atoms with van der Waals surface area (Å²) in [6.45, 7) is 7.59. The Morgan fingerprint density at radius 3 is 1.51 bits per heavy atom. The van der Waals surface area contributed by atoms with E-state index in [1.807, 2.05) is 60.7 Å². The van der Waals surface area contributed by atoms with Crippen LogP contribution in [0.2, 0.25) is 0 Å². The molecule has 0 aliphatic carbocycles. The molecule has 0 radical (unpaired) electrons. The monoisotopic (exact) mass is 574 g/mol. The van der Waals surface area contributed by atoms with Gasteiger partial charge in [-0.3, -0.25) is 9.80 Å². The van der Waals surface area contributed by atoms with Crippen molar-refractivity contribution in [3.63, 3.8) is 0 Å². The Kier molecular flexibility index (Phi) is 10.8. The molecule has 2 N–H and O–H groups in total. The molecule has 0 saturated carbocycles. The number of hydrogen-bond donors (Lipinski definition) is 2. The smallest absolute Gasteiger partial charge is 0.128 e. The van der Waals surface area contributed by atoms with Crippen molar-refractivity contribution in [2.45, 2.75) is 36.7 Å². The van der Waals surface area contributed by atoms with E-state index in [2.05, 4.69) is 23.6 Å². The highest BCUT2D eigenvalue weighted by Gasteiger charge is 2.15. The fourth-order valence-electron chi connectivity index (χ4n) is 4.35. The fourth-order valence-corrected chi connectivity index (χ4v) is 5.16. The van der Waals surface area contributed by atoms with Crippen LogP contribution < -0.4 is 14.2 Å². The van der Waals surface area contributed by atoms with E-state index in [0.717, 1.165) is 45.5 Å². The highest BCUT2D eigenvalue weighted by molar-refractivity contribution is 7.99. The summed E-state index contributed by atoms with van der Waals surface area (Å²) in [7, 11) is 3.28. The quantitative estimate of drug-likeness (QED) is 0.151. The van der Waals surface area contributed by atoms with Gasteiger partial charge in [-0.05, 0) is 98.0 Å². The van der Waals surface area contributed by atoms with Gasteiger partial charge in [0.25, 0.3) is 0 Å². The molecule has 0 aliphatic rings. The van der Waals surface area contributed by atoms with Crippen molar-refractivity contribution < 1.29 is 24.4 Å². The molecule has 0 spiro atoms. The van der Waals surface area contributed by atoms with Crippen LogP contribution in [-0.2, 0) is 13.1 Å². The Bertz CT molecular complexity index is 1400. The molecule has 0 aromatic heterocycles. The third-order valence-electron chi connectivity index (χ3n) is 6.77. The molecular formula is C33H38N2O5S. The number of benzene rings is 4. The Hall–Kier alpha value is -3.85. The SMILES string of the molecule is CCN(Cc1cc(OC)ccc1O)CN(CC)Cc1cc(Oc2ccc(Sc3ccc(OC)cc3)cc2)ccc1O. The molecule has 8 heteroatoms. The fraction of sp³-hybridized carbons (Fsp3) is 0.273. The normalized spacial score (nSPS) is 11.2. The third-order valence-corrected chi connectivity index (χ3v) is 7.79. The molecule has 0 saturated heterocycles. The standard InChI is InChI=1S/C33H38N2O5S/c1-5-34(21-24-19-28(39-4)11-17-32(24)36)23-35(6-2)22-25-20-29(12-18-33(25)37)40-27-9-15-31(16-10-27)41-30-13-7-26(38-3)8-14-30/h7-20,36-37H,5-6,21-23H2,1-4H3. The number of phenolic OH excluding ortho intramolecular Hbond substituents is 2. The van der Waals surface area contributed by atoms with Crippen LogP contribution in [0.5, 0.6) is 34.5 Å². The van der Waals surface area contributed by atoms with Gasteiger partial charge in [-0.1, -0.05) is 25.6 Å². The summed E-state index contributed by atoms with van der Waals surface area (Å²) in [6, 6.07) is 26.6. The summed E-state index contributed by atoms with van der Waals surface area (Å²) in [5.41, 5.74) is 1.60. The second-order valence-corrected chi connectivity index (χ2v) is 10.7. The third kappa shape index (κ3) is 8.57. The van der Waals surface area contributed by atoms with E-state index < -0.39 is 0 Å². The van der Waals surface area contributed by atoms with Gasteiger partial charge in [0.2, 0.25) is 0 Å². The van der Waals surface area contributed by atoms with Crippen molar-refractivity contribution in [2.75, 3.05) is 34.0 Å². The minimum Gasteiger partial charge on any atom is -0.508 e. The zero-order valence-electron chi connectivity index (χ0n) is 24.0. The number of aromatic hydroxyl groups is 2. The maximum absolute atomic E-state index is 10.6. The van der Waals surface area contributed by atoms with Crippen LogP contribution in [0.15, 0.2) is 94.7 Å². The molecule has 4 aromatic carbocycles. The molecule has 0 amide bonds. The van der Waals surface area contributed by atoms with Crippen LogP contribution in [0.4, 0.5) is 0 Å². The lowest BCUT2D eigenvalue weighted by Crippen LogP contribution is -2.37. The van der Waals surface area contributed by atoms with E-state index in [4.69, 9.17) is 14.2 Å². The van der Waals surface area contributed by atoms with Crippen molar-refractivity contribution >= 4 is 11.8 Å². The molecule has 4 aromatic rings. The number of hydrogen-bond acceptors (Lipinski definition) is 8. The molecule has 216 valence electrons. The van der Waals surface area contributed by atoms with Gasteiger partial charge in [-0.2, -0.15) is 0 Å². The predicted octanol–water partition coefficient (Wildman–Crippen LogP) is 7.36. The van der Waals surface area contributed by atoms with Gasteiger partial charge >= 0.3 is 0 Å². The maximum Gasteiger partial charge on any atom is 0.128 e. The van der Waals surface area contributed by atoms with Crippen molar-refractivity contribution in [3.8, 4) is 34.5 Å². The predicted molar refractivity (Wildman–Crippen MR) is 163 cm³/mol. The lowest BCUT2D eigenvalue weighted by Gasteiger charge is -2.29. The van der Waals surface area contributed by atoms with Gasteiger partial charge in [-0.15, -0.1) is 0 Å². The second-order valence-electron chi connectivity index (χ2n) is 9.57. The molecule has 41 heavy (non-hydrogen) atoms. The molecule has 7 nitrogen and oxygen atoms in total. The lowest BCUT2D eigenvalue weighted by atomic mass is 10.1. The van der Waals surface area contributed by atoms with Gasteiger partial charge in [0.1, 0.15) is 34.5 Å². The Morgan fingerprint density at radius 2 is 1.02 bits per heavy atom. The first kappa shape index (κ1) is 30.1. The average Bonchev–Trinajstić information content (AvgIpc) is 3.00. The summed E-state index contributed by atoms with van der Waals surface area (Å²) < 4.78 is 16.7. The first-order valence-electron chi connectivity index (χ1n) is 13.6.